The van der Waals surface area contributed by atoms with E-state index in [9.17, 15) is 8.42 Å². The summed E-state index contributed by atoms with van der Waals surface area (Å²) in [4.78, 5) is 0. The van der Waals surface area contributed by atoms with E-state index < -0.39 is 14.6 Å². The van der Waals surface area contributed by atoms with Crippen molar-refractivity contribution in [2.24, 2.45) is 11.8 Å². The van der Waals surface area contributed by atoms with Gasteiger partial charge in [0.2, 0.25) is 0 Å². The van der Waals surface area contributed by atoms with Crippen molar-refractivity contribution < 1.29 is 17.9 Å². The Hall–Kier alpha value is -1.07. The molecule has 1 atom stereocenters. The first kappa shape index (κ1) is 16.3. The molecule has 5 heteroatoms. The summed E-state index contributed by atoms with van der Waals surface area (Å²) in [7, 11) is -3.20. The van der Waals surface area contributed by atoms with Gasteiger partial charge in [-0.3, -0.25) is 0 Å². The van der Waals surface area contributed by atoms with Gasteiger partial charge in [0.05, 0.1) is 19.8 Å². The Bertz CT molecular complexity index is 571. The molecule has 1 aliphatic heterocycles. The highest BCUT2D eigenvalue weighted by Gasteiger charge is 2.49. The number of rotatable bonds is 6. The Balaban J connectivity index is 2.09. The van der Waals surface area contributed by atoms with Crippen molar-refractivity contribution >= 4 is 9.84 Å². The molecule has 1 aliphatic rings. The molecule has 0 spiro atoms. The van der Waals surface area contributed by atoms with Crippen LogP contribution >= 0.6 is 0 Å². The van der Waals surface area contributed by atoms with Crippen LogP contribution in [0.4, 0.5) is 0 Å². The molecule has 0 aliphatic carbocycles. The van der Waals surface area contributed by atoms with Gasteiger partial charge in [0.25, 0.3) is 0 Å². The zero-order valence-corrected chi connectivity index (χ0v) is 13.9. The SMILES string of the molecule is CC(C)C(C)COc1ccc(C2(S(C)(=O)=O)COC2)cc1. The van der Waals surface area contributed by atoms with Crippen LogP contribution in [0, 0.1) is 11.8 Å². The maximum absolute atomic E-state index is 12.0. The van der Waals surface area contributed by atoms with Crippen LogP contribution in [0.15, 0.2) is 24.3 Å². The van der Waals surface area contributed by atoms with Gasteiger partial charge in [0.15, 0.2) is 9.84 Å². The van der Waals surface area contributed by atoms with E-state index in [2.05, 4.69) is 20.8 Å². The molecule has 118 valence electrons. The average molecular weight is 312 g/mol. The minimum atomic E-state index is -3.20. The molecular weight excluding hydrogens is 288 g/mol. The first-order valence-electron chi connectivity index (χ1n) is 7.27. The van der Waals surface area contributed by atoms with E-state index in [4.69, 9.17) is 9.47 Å². The van der Waals surface area contributed by atoms with Crippen molar-refractivity contribution in [3.8, 4) is 5.75 Å². The predicted octanol–water partition coefficient (Wildman–Crippen LogP) is 2.63. The minimum Gasteiger partial charge on any atom is -0.493 e. The first-order valence-corrected chi connectivity index (χ1v) is 9.16. The van der Waals surface area contributed by atoms with E-state index in [0.717, 1.165) is 11.3 Å². The molecule has 1 heterocycles. The van der Waals surface area contributed by atoms with Crippen LogP contribution < -0.4 is 4.74 Å². The smallest absolute Gasteiger partial charge is 0.161 e. The second-order valence-electron chi connectivity index (χ2n) is 6.32. The van der Waals surface area contributed by atoms with E-state index >= 15 is 0 Å². The summed E-state index contributed by atoms with van der Waals surface area (Å²) in [6.45, 7) is 7.63. The topological polar surface area (TPSA) is 52.6 Å². The minimum absolute atomic E-state index is 0.233. The highest BCUT2D eigenvalue weighted by atomic mass is 32.2. The highest BCUT2D eigenvalue weighted by molar-refractivity contribution is 7.91. The molecule has 0 bridgehead atoms. The summed E-state index contributed by atoms with van der Waals surface area (Å²) < 4.78 is 34.0. The molecule has 0 radical (unpaired) electrons. The van der Waals surface area contributed by atoms with E-state index in [1.165, 1.54) is 6.26 Å². The van der Waals surface area contributed by atoms with Crippen molar-refractivity contribution in [2.45, 2.75) is 25.5 Å². The molecule has 1 aromatic carbocycles. The zero-order valence-electron chi connectivity index (χ0n) is 13.1. The lowest BCUT2D eigenvalue weighted by molar-refractivity contribution is -0.0156. The van der Waals surface area contributed by atoms with Crippen LogP contribution in [0.5, 0.6) is 5.75 Å². The molecule has 4 nitrogen and oxygen atoms in total. The maximum atomic E-state index is 12.0. The van der Waals surface area contributed by atoms with Crippen LogP contribution in [0.2, 0.25) is 0 Å². The Labute approximate surface area is 127 Å². The number of ether oxygens (including phenoxy) is 2. The average Bonchev–Trinajstić information content (AvgIpc) is 2.34. The molecular formula is C16H24O4S. The van der Waals surface area contributed by atoms with Crippen LogP contribution in [-0.2, 0) is 19.3 Å². The predicted molar refractivity (Wildman–Crippen MR) is 83.3 cm³/mol. The Kier molecular flexibility index (Phi) is 4.63. The van der Waals surface area contributed by atoms with Gasteiger partial charge in [0.1, 0.15) is 10.5 Å². The van der Waals surface area contributed by atoms with E-state index in [0.29, 0.717) is 18.4 Å². The van der Waals surface area contributed by atoms with Gasteiger partial charge in [-0.25, -0.2) is 8.42 Å². The number of sulfone groups is 1. The summed E-state index contributed by atoms with van der Waals surface area (Å²) in [5.41, 5.74) is 0.778. The van der Waals surface area contributed by atoms with E-state index in [1.54, 1.807) is 0 Å². The van der Waals surface area contributed by atoms with Crippen LogP contribution in [0.25, 0.3) is 0 Å². The lowest BCUT2D eigenvalue weighted by Gasteiger charge is -2.39. The zero-order chi connectivity index (χ0) is 15.7. The summed E-state index contributed by atoms with van der Waals surface area (Å²) in [5, 5.41) is 0. The fraction of sp³-hybridized carbons (Fsp3) is 0.625. The third-order valence-electron chi connectivity index (χ3n) is 4.41. The van der Waals surface area contributed by atoms with Crippen molar-refractivity contribution in [1.29, 1.82) is 0 Å². The van der Waals surface area contributed by atoms with Crippen LogP contribution in [-0.4, -0.2) is 34.5 Å². The second kappa shape index (κ2) is 5.97. The third-order valence-corrected chi connectivity index (χ3v) is 6.30. The first-order chi connectivity index (χ1) is 9.76. The lowest BCUT2D eigenvalue weighted by atomic mass is 9.96. The fourth-order valence-electron chi connectivity index (χ4n) is 2.16. The molecule has 2 rings (SSSR count). The van der Waals surface area contributed by atoms with Gasteiger partial charge in [-0.05, 0) is 29.5 Å². The summed E-state index contributed by atoms with van der Waals surface area (Å²) in [6, 6.07) is 7.35. The molecule has 1 saturated heterocycles. The standard InChI is InChI=1S/C16H24O4S/c1-12(2)13(3)9-20-15-7-5-14(6-8-15)16(10-19-11-16)21(4,17)18/h5-8,12-13H,9-11H2,1-4H3. The molecule has 0 aromatic heterocycles. The Morgan fingerprint density at radius 2 is 1.76 bits per heavy atom. The molecule has 0 N–H and O–H groups in total. The maximum Gasteiger partial charge on any atom is 0.161 e. The van der Waals surface area contributed by atoms with Gasteiger partial charge in [-0.15, -0.1) is 0 Å². The normalized spacial score (nSPS) is 19.1. The summed E-state index contributed by atoms with van der Waals surface area (Å²) in [6.07, 6.45) is 1.27. The fourth-order valence-corrected chi connectivity index (χ4v) is 3.32. The quantitative estimate of drug-likeness (QED) is 0.810. The monoisotopic (exact) mass is 312 g/mol. The van der Waals surface area contributed by atoms with Crippen LogP contribution in [0.3, 0.4) is 0 Å². The Morgan fingerprint density at radius 3 is 2.14 bits per heavy atom. The summed E-state index contributed by atoms with van der Waals surface area (Å²) in [5.74, 6) is 1.83. The number of benzene rings is 1. The number of hydrogen-bond donors (Lipinski definition) is 0. The Morgan fingerprint density at radius 1 is 1.19 bits per heavy atom. The van der Waals surface area contributed by atoms with Crippen molar-refractivity contribution in [1.82, 2.24) is 0 Å². The van der Waals surface area contributed by atoms with Gasteiger partial charge in [0, 0.05) is 6.26 Å². The summed E-state index contributed by atoms with van der Waals surface area (Å²) >= 11 is 0. The largest absolute Gasteiger partial charge is 0.493 e. The second-order valence-corrected chi connectivity index (χ2v) is 8.64. The van der Waals surface area contributed by atoms with E-state index in [1.807, 2.05) is 24.3 Å². The number of hydrogen-bond acceptors (Lipinski definition) is 4. The van der Waals surface area contributed by atoms with Gasteiger partial charge in [-0.1, -0.05) is 32.9 Å². The van der Waals surface area contributed by atoms with Crippen molar-refractivity contribution in [3.63, 3.8) is 0 Å². The van der Waals surface area contributed by atoms with Gasteiger partial charge < -0.3 is 9.47 Å². The molecule has 1 fully saturated rings. The third kappa shape index (κ3) is 3.24. The van der Waals surface area contributed by atoms with Gasteiger partial charge >= 0.3 is 0 Å². The molecule has 1 unspecified atom stereocenters. The van der Waals surface area contributed by atoms with E-state index in [-0.39, 0.29) is 13.2 Å². The molecule has 0 saturated carbocycles. The highest BCUT2D eigenvalue weighted by Crippen LogP contribution is 2.38. The lowest BCUT2D eigenvalue weighted by Crippen LogP contribution is -2.52. The molecule has 21 heavy (non-hydrogen) atoms. The van der Waals surface area contributed by atoms with Crippen molar-refractivity contribution in [2.75, 3.05) is 26.1 Å². The molecule has 0 amide bonds. The molecule has 1 aromatic rings. The van der Waals surface area contributed by atoms with Gasteiger partial charge in [-0.2, -0.15) is 0 Å². The van der Waals surface area contributed by atoms with Crippen molar-refractivity contribution in [3.05, 3.63) is 29.8 Å². The van der Waals surface area contributed by atoms with Crippen LogP contribution in [0.1, 0.15) is 26.3 Å².